The van der Waals surface area contributed by atoms with Gasteiger partial charge in [-0.25, -0.2) is 4.68 Å². The standard InChI is InChI=1S/C22H24N6O3/c1-16(23-26-14-12-25(2)13-15-26)20-21(17-6-4-3-5-7-17)24-27(22(20)29)18-8-10-19(11-9-18)28(30)31/h3-11,24H,12-15H2,1-2H3/b23-16+. The molecule has 0 bridgehead atoms. The molecule has 0 unspecified atom stereocenters. The highest BCUT2D eigenvalue weighted by Crippen LogP contribution is 2.22. The van der Waals surface area contributed by atoms with Crippen LogP contribution in [0.2, 0.25) is 0 Å². The number of non-ortho nitro benzene ring substituents is 1. The first-order chi connectivity index (χ1) is 14.9. The van der Waals surface area contributed by atoms with Crippen molar-refractivity contribution in [2.45, 2.75) is 6.92 Å². The molecule has 0 radical (unpaired) electrons. The molecule has 0 atom stereocenters. The third kappa shape index (κ3) is 4.26. The molecule has 1 saturated heterocycles. The molecule has 1 aromatic heterocycles. The zero-order chi connectivity index (χ0) is 22.0. The lowest BCUT2D eigenvalue weighted by Crippen LogP contribution is -2.42. The average Bonchev–Trinajstić information content (AvgIpc) is 3.13. The topological polar surface area (TPSA) is 99.8 Å². The van der Waals surface area contributed by atoms with E-state index in [9.17, 15) is 14.9 Å². The van der Waals surface area contributed by atoms with Gasteiger partial charge in [0.05, 0.1) is 27.6 Å². The van der Waals surface area contributed by atoms with E-state index in [0.29, 0.717) is 22.7 Å². The molecule has 0 aliphatic carbocycles. The molecule has 9 heteroatoms. The summed E-state index contributed by atoms with van der Waals surface area (Å²) in [7, 11) is 2.08. The van der Waals surface area contributed by atoms with E-state index >= 15 is 0 Å². The molecule has 0 saturated carbocycles. The molecule has 1 fully saturated rings. The van der Waals surface area contributed by atoms with Crippen LogP contribution in [-0.2, 0) is 0 Å². The van der Waals surface area contributed by atoms with Crippen molar-refractivity contribution in [1.29, 1.82) is 0 Å². The van der Waals surface area contributed by atoms with Gasteiger partial charge in [0, 0.05) is 43.9 Å². The Bertz CT molecular complexity index is 1160. The van der Waals surface area contributed by atoms with Crippen LogP contribution in [0.4, 0.5) is 5.69 Å². The van der Waals surface area contributed by atoms with Crippen LogP contribution in [0, 0.1) is 10.1 Å². The Morgan fingerprint density at radius 3 is 2.29 bits per heavy atom. The van der Waals surface area contributed by atoms with Gasteiger partial charge in [-0.3, -0.25) is 25.0 Å². The van der Waals surface area contributed by atoms with Crippen LogP contribution >= 0.6 is 0 Å². The molecular weight excluding hydrogens is 396 g/mol. The van der Waals surface area contributed by atoms with Crippen LogP contribution in [0.15, 0.2) is 64.5 Å². The minimum absolute atomic E-state index is 0.0281. The van der Waals surface area contributed by atoms with Crippen molar-refractivity contribution < 1.29 is 4.92 Å². The van der Waals surface area contributed by atoms with Gasteiger partial charge in [-0.05, 0) is 26.1 Å². The second-order valence-electron chi connectivity index (χ2n) is 7.58. The highest BCUT2D eigenvalue weighted by atomic mass is 16.6. The second-order valence-corrected chi connectivity index (χ2v) is 7.58. The van der Waals surface area contributed by atoms with E-state index in [2.05, 4.69) is 17.0 Å². The Balaban J connectivity index is 1.79. The number of aromatic amines is 1. The number of nitrogens with zero attached hydrogens (tertiary/aromatic N) is 5. The summed E-state index contributed by atoms with van der Waals surface area (Å²) < 4.78 is 1.41. The van der Waals surface area contributed by atoms with Crippen LogP contribution in [0.1, 0.15) is 12.5 Å². The number of nitrogens with one attached hydrogen (secondary N) is 1. The zero-order valence-corrected chi connectivity index (χ0v) is 17.5. The molecular formula is C22H24N6O3. The number of likely N-dealkylation sites (N-methyl/N-ethyl adjacent to an activating group) is 1. The fourth-order valence-corrected chi connectivity index (χ4v) is 3.65. The van der Waals surface area contributed by atoms with Crippen molar-refractivity contribution in [1.82, 2.24) is 19.7 Å². The third-order valence-electron chi connectivity index (χ3n) is 5.40. The Morgan fingerprint density at radius 1 is 1.03 bits per heavy atom. The largest absolute Gasteiger partial charge is 0.303 e. The summed E-state index contributed by atoms with van der Waals surface area (Å²) in [5.74, 6) is 0. The van der Waals surface area contributed by atoms with Crippen molar-refractivity contribution in [3.8, 4) is 16.9 Å². The maximum Gasteiger partial charge on any atom is 0.281 e. The number of hydrogen-bond acceptors (Lipinski definition) is 6. The summed E-state index contributed by atoms with van der Waals surface area (Å²) >= 11 is 0. The highest BCUT2D eigenvalue weighted by molar-refractivity contribution is 6.03. The van der Waals surface area contributed by atoms with E-state index in [0.717, 1.165) is 31.7 Å². The van der Waals surface area contributed by atoms with E-state index in [4.69, 9.17) is 5.10 Å². The molecule has 0 amide bonds. The Kier molecular flexibility index (Phi) is 5.68. The number of H-pyrrole nitrogens is 1. The number of benzene rings is 2. The zero-order valence-electron chi connectivity index (χ0n) is 17.5. The smallest absolute Gasteiger partial charge is 0.281 e. The fraction of sp³-hybridized carbons (Fsp3) is 0.273. The van der Waals surface area contributed by atoms with E-state index in [1.807, 2.05) is 42.3 Å². The molecule has 1 N–H and O–H groups in total. The predicted molar refractivity (Wildman–Crippen MR) is 120 cm³/mol. The monoisotopic (exact) mass is 420 g/mol. The van der Waals surface area contributed by atoms with Gasteiger partial charge in [-0.1, -0.05) is 30.3 Å². The van der Waals surface area contributed by atoms with Crippen molar-refractivity contribution in [3.05, 3.63) is 80.6 Å². The maximum atomic E-state index is 13.4. The molecule has 160 valence electrons. The van der Waals surface area contributed by atoms with Crippen LogP contribution in [-0.4, -0.2) is 63.6 Å². The second kappa shape index (κ2) is 8.57. The van der Waals surface area contributed by atoms with Gasteiger partial charge < -0.3 is 4.90 Å². The maximum absolute atomic E-state index is 13.4. The third-order valence-corrected chi connectivity index (χ3v) is 5.40. The van der Waals surface area contributed by atoms with Crippen LogP contribution in [0.25, 0.3) is 16.9 Å². The predicted octanol–water partition coefficient (Wildman–Crippen LogP) is 2.71. The van der Waals surface area contributed by atoms with Crippen LogP contribution in [0.5, 0.6) is 0 Å². The summed E-state index contributed by atoms with van der Waals surface area (Å²) in [5, 5.41) is 20.9. The van der Waals surface area contributed by atoms with E-state index in [1.165, 1.54) is 16.8 Å². The van der Waals surface area contributed by atoms with E-state index < -0.39 is 4.92 Å². The van der Waals surface area contributed by atoms with E-state index in [-0.39, 0.29) is 11.2 Å². The van der Waals surface area contributed by atoms with Gasteiger partial charge in [0.25, 0.3) is 11.2 Å². The lowest BCUT2D eigenvalue weighted by atomic mass is 10.1. The molecule has 3 aromatic rings. The van der Waals surface area contributed by atoms with Gasteiger partial charge in [0.15, 0.2) is 0 Å². The number of piperazine rings is 1. The minimum atomic E-state index is -0.463. The molecule has 0 spiro atoms. The van der Waals surface area contributed by atoms with Gasteiger partial charge in [-0.15, -0.1) is 0 Å². The van der Waals surface area contributed by atoms with Crippen molar-refractivity contribution in [3.63, 3.8) is 0 Å². The van der Waals surface area contributed by atoms with Crippen molar-refractivity contribution in [2.24, 2.45) is 5.10 Å². The highest BCUT2D eigenvalue weighted by Gasteiger charge is 2.21. The SMILES string of the molecule is C/C(=N\N1CCN(C)CC1)c1c(-c2ccccc2)[nH]n(-c2ccc([N+](=O)[O-])cc2)c1=O. The fourth-order valence-electron chi connectivity index (χ4n) is 3.65. The lowest BCUT2D eigenvalue weighted by molar-refractivity contribution is -0.384. The minimum Gasteiger partial charge on any atom is -0.303 e. The van der Waals surface area contributed by atoms with Gasteiger partial charge >= 0.3 is 0 Å². The van der Waals surface area contributed by atoms with E-state index in [1.54, 1.807) is 12.1 Å². The number of hydrogen-bond donors (Lipinski definition) is 1. The Hall–Kier alpha value is -3.72. The molecule has 9 nitrogen and oxygen atoms in total. The summed E-state index contributed by atoms with van der Waals surface area (Å²) in [6.07, 6.45) is 0. The van der Waals surface area contributed by atoms with Crippen molar-refractivity contribution in [2.75, 3.05) is 33.2 Å². The molecule has 1 aliphatic rings. The summed E-state index contributed by atoms with van der Waals surface area (Å²) in [5.41, 5.74) is 2.89. The number of hydrazone groups is 1. The Labute approximate surface area is 179 Å². The summed E-state index contributed by atoms with van der Waals surface area (Å²) in [4.78, 5) is 26.2. The number of nitro groups is 1. The van der Waals surface area contributed by atoms with Crippen LogP contribution < -0.4 is 5.56 Å². The number of rotatable bonds is 5. The normalized spacial score (nSPS) is 15.3. The van der Waals surface area contributed by atoms with Crippen molar-refractivity contribution >= 4 is 11.4 Å². The lowest BCUT2D eigenvalue weighted by Gasteiger charge is -2.30. The molecule has 4 rings (SSSR count). The first kappa shape index (κ1) is 20.5. The average molecular weight is 420 g/mol. The molecule has 1 aliphatic heterocycles. The Morgan fingerprint density at radius 2 is 1.68 bits per heavy atom. The first-order valence-corrected chi connectivity index (χ1v) is 10.1. The molecule has 31 heavy (non-hydrogen) atoms. The number of nitro benzene ring substituents is 1. The summed E-state index contributed by atoms with van der Waals surface area (Å²) in [6.45, 7) is 5.28. The van der Waals surface area contributed by atoms with Gasteiger partial charge in [0.1, 0.15) is 0 Å². The molecule has 2 aromatic carbocycles. The van der Waals surface area contributed by atoms with Gasteiger partial charge in [0.2, 0.25) is 0 Å². The summed E-state index contributed by atoms with van der Waals surface area (Å²) in [6, 6.07) is 15.5. The van der Waals surface area contributed by atoms with Gasteiger partial charge in [-0.2, -0.15) is 5.10 Å². The molecule has 2 heterocycles. The van der Waals surface area contributed by atoms with Crippen LogP contribution in [0.3, 0.4) is 0 Å². The quantitative estimate of drug-likeness (QED) is 0.389. The first-order valence-electron chi connectivity index (χ1n) is 10.1. The number of aromatic nitrogens is 2.